The first-order valence-corrected chi connectivity index (χ1v) is 13.9. The van der Waals surface area contributed by atoms with Crippen LogP contribution in [0.2, 0.25) is 0 Å². The molecule has 39 heavy (non-hydrogen) atoms. The Labute approximate surface area is 230 Å². The van der Waals surface area contributed by atoms with Gasteiger partial charge in [0, 0.05) is 36.8 Å². The van der Waals surface area contributed by atoms with Crippen LogP contribution >= 0.6 is 0 Å². The van der Waals surface area contributed by atoms with Crippen LogP contribution in [0.25, 0.3) is 0 Å². The molecule has 4 amide bonds. The highest BCUT2D eigenvalue weighted by Crippen LogP contribution is 2.32. The predicted molar refractivity (Wildman–Crippen MR) is 151 cm³/mol. The molecule has 1 heterocycles. The number of carbonyl (C=O) groups excluding carboxylic acids is 3. The van der Waals surface area contributed by atoms with Crippen molar-refractivity contribution in [3.8, 4) is 5.75 Å². The molecule has 2 aromatic rings. The van der Waals surface area contributed by atoms with Crippen molar-refractivity contribution in [3.63, 3.8) is 0 Å². The molecular formula is C30H40N4O5. The molecule has 3 atom stereocenters. The van der Waals surface area contributed by atoms with Gasteiger partial charge in [0.25, 0.3) is 5.91 Å². The smallest absolute Gasteiger partial charge is 0.321 e. The first-order chi connectivity index (χ1) is 18.8. The van der Waals surface area contributed by atoms with Crippen molar-refractivity contribution < 1.29 is 24.2 Å². The maximum Gasteiger partial charge on any atom is 0.321 e. The molecule has 0 bridgehead atoms. The van der Waals surface area contributed by atoms with Gasteiger partial charge in [-0.25, -0.2) is 4.79 Å². The van der Waals surface area contributed by atoms with Gasteiger partial charge in [-0.05, 0) is 50.1 Å². The molecule has 2 aliphatic rings. The Balaban J connectivity index is 1.56. The molecule has 9 heteroatoms. The summed E-state index contributed by atoms with van der Waals surface area (Å²) >= 11 is 0. The molecule has 1 saturated carbocycles. The predicted octanol–water partition coefficient (Wildman–Crippen LogP) is 4.59. The number of urea groups is 1. The fourth-order valence-corrected chi connectivity index (χ4v) is 5.22. The van der Waals surface area contributed by atoms with Crippen molar-refractivity contribution in [2.75, 3.05) is 37.4 Å². The Morgan fingerprint density at radius 3 is 2.49 bits per heavy atom. The maximum absolute atomic E-state index is 13.7. The summed E-state index contributed by atoms with van der Waals surface area (Å²) < 4.78 is 6.38. The van der Waals surface area contributed by atoms with E-state index in [1.807, 2.05) is 37.3 Å². The SMILES string of the molecule is C[C@@H]1CN([C@H](C)CO)C(=O)c2cc(NC(=O)C3CCCCC3)ccc2O[C@@H]1CN(C)C(=O)Nc1ccccc1. The van der Waals surface area contributed by atoms with Crippen molar-refractivity contribution in [1.82, 2.24) is 9.80 Å². The number of nitrogens with zero attached hydrogens (tertiary/aromatic N) is 2. The highest BCUT2D eigenvalue weighted by atomic mass is 16.5. The first kappa shape index (κ1) is 28.4. The number of rotatable bonds is 7. The summed E-state index contributed by atoms with van der Waals surface area (Å²) in [6, 6.07) is 13.7. The van der Waals surface area contributed by atoms with Gasteiger partial charge < -0.3 is 30.3 Å². The van der Waals surface area contributed by atoms with Gasteiger partial charge in [0.15, 0.2) is 0 Å². The molecule has 0 aromatic heterocycles. The van der Waals surface area contributed by atoms with Gasteiger partial charge in [-0.3, -0.25) is 9.59 Å². The van der Waals surface area contributed by atoms with Crippen LogP contribution in [-0.4, -0.2) is 71.6 Å². The van der Waals surface area contributed by atoms with E-state index >= 15 is 0 Å². The van der Waals surface area contributed by atoms with Gasteiger partial charge in [0.1, 0.15) is 11.9 Å². The van der Waals surface area contributed by atoms with Gasteiger partial charge in [0.2, 0.25) is 5.91 Å². The molecule has 4 rings (SSSR count). The quantitative estimate of drug-likeness (QED) is 0.479. The van der Waals surface area contributed by atoms with E-state index in [1.54, 1.807) is 42.0 Å². The Bertz CT molecular complexity index is 1150. The largest absolute Gasteiger partial charge is 0.487 e. The number of amides is 4. The van der Waals surface area contributed by atoms with Crippen LogP contribution < -0.4 is 15.4 Å². The van der Waals surface area contributed by atoms with E-state index in [4.69, 9.17) is 4.74 Å². The minimum absolute atomic E-state index is 0.0126. The van der Waals surface area contributed by atoms with Gasteiger partial charge in [-0.2, -0.15) is 0 Å². The number of hydrogen-bond donors (Lipinski definition) is 3. The zero-order chi connectivity index (χ0) is 27.9. The first-order valence-electron chi connectivity index (χ1n) is 13.9. The van der Waals surface area contributed by atoms with Crippen LogP contribution in [0.4, 0.5) is 16.2 Å². The summed E-state index contributed by atoms with van der Waals surface area (Å²) in [5, 5.41) is 15.8. The molecule has 0 radical (unpaired) electrons. The topological polar surface area (TPSA) is 111 Å². The highest BCUT2D eigenvalue weighted by Gasteiger charge is 2.34. The van der Waals surface area contributed by atoms with Crippen LogP contribution in [-0.2, 0) is 4.79 Å². The maximum atomic E-state index is 13.7. The van der Waals surface area contributed by atoms with E-state index in [0.717, 1.165) is 32.1 Å². The summed E-state index contributed by atoms with van der Waals surface area (Å²) in [4.78, 5) is 42.6. The highest BCUT2D eigenvalue weighted by molar-refractivity contribution is 6.00. The van der Waals surface area contributed by atoms with Gasteiger partial charge in [-0.1, -0.05) is 44.4 Å². The van der Waals surface area contributed by atoms with Crippen LogP contribution in [0.5, 0.6) is 5.75 Å². The fraction of sp³-hybridized carbons (Fsp3) is 0.500. The van der Waals surface area contributed by atoms with Gasteiger partial charge >= 0.3 is 6.03 Å². The van der Waals surface area contributed by atoms with Crippen molar-refractivity contribution in [2.24, 2.45) is 11.8 Å². The van der Waals surface area contributed by atoms with E-state index in [9.17, 15) is 19.5 Å². The number of hydrogen-bond acceptors (Lipinski definition) is 5. The molecule has 210 valence electrons. The lowest BCUT2D eigenvalue weighted by molar-refractivity contribution is -0.120. The van der Waals surface area contributed by atoms with Crippen LogP contribution in [0.1, 0.15) is 56.3 Å². The van der Waals surface area contributed by atoms with Crippen molar-refractivity contribution in [1.29, 1.82) is 0 Å². The molecule has 0 saturated heterocycles. The number of likely N-dealkylation sites (N-methyl/N-ethyl adjacent to an activating group) is 1. The number of aliphatic hydroxyl groups is 1. The van der Waals surface area contributed by atoms with Gasteiger partial charge in [0.05, 0.1) is 24.8 Å². The van der Waals surface area contributed by atoms with E-state index in [2.05, 4.69) is 10.6 Å². The minimum atomic E-state index is -0.417. The third-order valence-corrected chi connectivity index (χ3v) is 7.73. The zero-order valence-electron chi connectivity index (χ0n) is 23.1. The molecular weight excluding hydrogens is 496 g/mol. The monoisotopic (exact) mass is 536 g/mol. The van der Waals surface area contributed by atoms with Crippen LogP contribution in [0.15, 0.2) is 48.5 Å². The van der Waals surface area contributed by atoms with Crippen LogP contribution in [0, 0.1) is 11.8 Å². The molecule has 1 aliphatic carbocycles. The zero-order valence-corrected chi connectivity index (χ0v) is 23.1. The number of carbonyl (C=O) groups is 3. The third kappa shape index (κ3) is 7.09. The summed E-state index contributed by atoms with van der Waals surface area (Å²) in [6.07, 6.45) is 4.62. The second kappa shape index (κ2) is 13.0. The second-order valence-corrected chi connectivity index (χ2v) is 10.8. The molecule has 3 N–H and O–H groups in total. The number of nitrogens with one attached hydrogen (secondary N) is 2. The van der Waals surface area contributed by atoms with E-state index in [1.165, 1.54) is 0 Å². The average molecular weight is 537 g/mol. The standard InChI is InChI=1S/C30H40N4O5/c1-20-17-34(21(2)19-35)29(37)25-16-24(31-28(36)22-10-6-4-7-11-22)14-15-26(25)39-27(20)18-33(3)30(38)32-23-12-8-5-9-13-23/h5,8-9,12-16,20-22,27,35H,4,6-7,10-11,17-19H2,1-3H3,(H,31,36)(H,32,38)/t20-,21-,27-/m1/s1. The lowest BCUT2D eigenvalue weighted by atomic mass is 9.88. The number of para-hydroxylation sites is 1. The van der Waals surface area contributed by atoms with Gasteiger partial charge in [-0.15, -0.1) is 0 Å². The molecule has 0 spiro atoms. The Kier molecular flexibility index (Phi) is 9.45. The van der Waals surface area contributed by atoms with E-state index in [-0.39, 0.29) is 42.8 Å². The molecule has 0 unspecified atom stereocenters. The average Bonchev–Trinajstić information content (AvgIpc) is 2.95. The van der Waals surface area contributed by atoms with Crippen LogP contribution in [0.3, 0.4) is 0 Å². The molecule has 2 aromatic carbocycles. The third-order valence-electron chi connectivity index (χ3n) is 7.73. The number of ether oxygens (including phenoxy) is 1. The fourth-order valence-electron chi connectivity index (χ4n) is 5.22. The molecule has 1 aliphatic heterocycles. The van der Waals surface area contributed by atoms with Crippen molar-refractivity contribution >= 4 is 29.2 Å². The van der Waals surface area contributed by atoms with Crippen molar-refractivity contribution in [2.45, 2.75) is 58.1 Å². The molecule has 9 nitrogen and oxygen atoms in total. The lowest BCUT2D eigenvalue weighted by Gasteiger charge is -2.38. The Morgan fingerprint density at radius 1 is 1.08 bits per heavy atom. The normalized spacial score (nSPS) is 20.6. The Hall–Kier alpha value is -3.59. The summed E-state index contributed by atoms with van der Waals surface area (Å²) in [7, 11) is 1.71. The number of aliphatic hydroxyl groups excluding tert-OH is 1. The van der Waals surface area contributed by atoms with Crippen molar-refractivity contribution in [3.05, 3.63) is 54.1 Å². The Morgan fingerprint density at radius 2 is 1.79 bits per heavy atom. The summed E-state index contributed by atoms with van der Waals surface area (Å²) in [5.41, 5.74) is 1.56. The van der Waals surface area contributed by atoms with E-state index in [0.29, 0.717) is 29.2 Å². The molecule has 1 fully saturated rings. The summed E-state index contributed by atoms with van der Waals surface area (Å²) in [5.74, 6) is -0.0396. The minimum Gasteiger partial charge on any atom is -0.487 e. The second-order valence-electron chi connectivity index (χ2n) is 10.8. The number of benzene rings is 2. The number of anilines is 2. The van der Waals surface area contributed by atoms with E-state index < -0.39 is 12.1 Å². The lowest BCUT2D eigenvalue weighted by Crippen LogP contribution is -2.50. The number of fused-ring (bicyclic) bond motifs is 1. The summed E-state index contributed by atoms with van der Waals surface area (Å²) in [6.45, 7) is 4.22.